The number of anilines is 1. The standard InChI is InChI=1S/C19H23N5O2/c1-14(2)19-22-18(26-23-19)9-4-8-17(25)21-16-7-3-6-15(12-16)13-24-11-5-10-20-24/h3,5-7,10-12,14H,4,8-9,13H2,1-2H3,(H,21,25). The van der Waals surface area contributed by atoms with Gasteiger partial charge in [-0.3, -0.25) is 9.48 Å². The van der Waals surface area contributed by atoms with Gasteiger partial charge in [0.15, 0.2) is 5.82 Å². The molecule has 0 aliphatic heterocycles. The Bertz CT molecular complexity index is 839. The van der Waals surface area contributed by atoms with Gasteiger partial charge in [-0.1, -0.05) is 31.1 Å². The third-order valence-corrected chi connectivity index (χ3v) is 3.91. The van der Waals surface area contributed by atoms with Gasteiger partial charge in [0.25, 0.3) is 0 Å². The fourth-order valence-electron chi connectivity index (χ4n) is 2.56. The molecule has 0 radical (unpaired) electrons. The highest BCUT2D eigenvalue weighted by Gasteiger charge is 2.10. The lowest BCUT2D eigenvalue weighted by Gasteiger charge is -2.07. The summed E-state index contributed by atoms with van der Waals surface area (Å²) in [7, 11) is 0. The molecule has 0 aliphatic carbocycles. The summed E-state index contributed by atoms with van der Waals surface area (Å²) >= 11 is 0. The van der Waals surface area contributed by atoms with E-state index in [-0.39, 0.29) is 11.8 Å². The van der Waals surface area contributed by atoms with Crippen LogP contribution in [-0.4, -0.2) is 25.8 Å². The molecule has 26 heavy (non-hydrogen) atoms. The number of carbonyl (C=O) groups is 1. The van der Waals surface area contributed by atoms with Crippen molar-refractivity contribution in [2.75, 3.05) is 5.32 Å². The molecule has 0 spiro atoms. The van der Waals surface area contributed by atoms with Crippen LogP contribution < -0.4 is 5.32 Å². The Morgan fingerprint density at radius 1 is 1.31 bits per heavy atom. The van der Waals surface area contributed by atoms with Crippen LogP contribution >= 0.6 is 0 Å². The summed E-state index contributed by atoms with van der Waals surface area (Å²) in [6, 6.07) is 9.68. The van der Waals surface area contributed by atoms with Gasteiger partial charge in [-0.05, 0) is 30.2 Å². The van der Waals surface area contributed by atoms with Gasteiger partial charge < -0.3 is 9.84 Å². The van der Waals surface area contributed by atoms with Crippen molar-refractivity contribution >= 4 is 11.6 Å². The van der Waals surface area contributed by atoms with Crippen LogP contribution in [-0.2, 0) is 17.8 Å². The molecule has 3 rings (SSSR count). The first-order chi connectivity index (χ1) is 12.6. The predicted molar refractivity (Wildman–Crippen MR) is 97.7 cm³/mol. The van der Waals surface area contributed by atoms with Crippen LogP contribution in [0.4, 0.5) is 5.69 Å². The molecule has 0 saturated carbocycles. The van der Waals surface area contributed by atoms with Gasteiger partial charge in [0.2, 0.25) is 11.8 Å². The Balaban J connectivity index is 1.47. The van der Waals surface area contributed by atoms with Gasteiger partial charge in [0.1, 0.15) is 0 Å². The largest absolute Gasteiger partial charge is 0.339 e. The fourth-order valence-corrected chi connectivity index (χ4v) is 2.56. The zero-order chi connectivity index (χ0) is 18.4. The second-order valence-electron chi connectivity index (χ2n) is 6.51. The van der Waals surface area contributed by atoms with Crippen LogP contribution in [0.25, 0.3) is 0 Å². The second-order valence-corrected chi connectivity index (χ2v) is 6.51. The third-order valence-electron chi connectivity index (χ3n) is 3.91. The minimum atomic E-state index is -0.0233. The Kier molecular flexibility index (Phi) is 5.78. The number of amides is 1. The van der Waals surface area contributed by atoms with Gasteiger partial charge in [-0.25, -0.2) is 0 Å². The number of rotatable bonds is 8. The Morgan fingerprint density at radius 2 is 2.19 bits per heavy atom. The van der Waals surface area contributed by atoms with Crippen molar-refractivity contribution in [3.05, 3.63) is 60.0 Å². The van der Waals surface area contributed by atoms with E-state index < -0.39 is 0 Å². The van der Waals surface area contributed by atoms with Gasteiger partial charge in [0.05, 0.1) is 6.54 Å². The minimum Gasteiger partial charge on any atom is -0.339 e. The molecule has 1 amide bonds. The van der Waals surface area contributed by atoms with E-state index in [2.05, 4.69) is 20.6 Å². The number of hydrogen-bond donors (Lipinski definition) is 1. The number of hydrogen-bond acceptors (Lipinski definition) is 5. The second kappa shape index (κ2) is 8.42. The van der Waals surface area contributed by atoms with E-state index in [0.717, 1.165) is 11.3 Å². The fraction of sp³-hybridized carbons (Fsp3) is 0.368. The molecule has 2 aromatic heterocycles. The summed E-state index contributed by atoms with van der Waals surface area (Å²) in [5, 5.41) is 11.1. The highest BCUT2D eigenvalue weighted by atomic mass is 16.5. The lowest BCUT2D eigenvalue weighted by molar-refractivity contribution is -0.116. The highest BCUT2D eigenvalue weighted by molar-refractivity contribution is 5.90. The molecule has 0 aliphatic rings. The average molecular weight is 353 g/mol. The molecule has 7 heteroatoms. The Morgan fingerprint density at radius 3 is 2.92 bits per heavy atom. The summed E-state index contributed by atoms with van der Waals surface area (Å²) < 4.78 is 7.03. The number of aromatic nitrogens is 4. The van der Waals surface area contributed by atoms with Crippen molar-refractivity contribution in [3.63, 3.8) is 0 Å². The summed E-state index contributed by atoms with van der Waals surface area (Å²) in [6.07, 6.45) is 5.33. The average Bonchev–Trinajstić information content (AvgIpc) is 3.27. The normalized spacial score (nSPS) is 11.0. The van der Waals surface area contributed by atoms with Gasteiger partial charge in [0, 0.05) is 36.8 Å². The first-order valence-corrected chi connectivity index (χ1v) is 8.79. The monoisotopic (exact) mass is 353 g/mol. The first-order valence-electron chi connectivity index (χ1n) is 8.79. The molecule has 7 nitrogen and oxygen atoms in total. The maximum Gasteiger partial charge on any atom is 0.226 e. The van der Waals surface area contributed by atoms with E-state index in [9.17, 15) is 4.79 Å². The van der Waals surface area contributed by atoms with E-state index in [1.165, 1.54) is 0 Å². The third kappa shape index (κ3) is 5.02. The maximum atomic E-state index is 12.1. The number of nitrogens with one attached hydrogen (secondary N) is 1. The molecule has 2 heterocycles. The summed E-state index contributed by atoms with van der Waals surface area (Å²) in [5.41, 5.74) is 1.87. The predicted octanol–water partition coefficient (Wildman–Crippen LogP) is 3.40. The van der Waals surface area contributed by atoms with Crippen molar-refractivity contribution < 1.29 is 9.32 Å². The van der Waals surface area contributed by atoms with Gasteiger partial charge in [-0.2, -0.15) is 10.1 Å². The maximum absolute atomic E-state index is 12.1. The zero-order valence-corrected chi connectivity index (χ0v) is 15.1. The van der Waals surface area contributed by atoms with E-state index in [1.54, 1.807) is 6.20 Å². The van der Waals surface area contributed by atoms with Crippen LogP contribution in [0.3, 0.4) is 0 Å². The van der Waals surface area contributed by atoms with Crippen LogP contribution in [0.5, 0.6) is 0 Å². The molecule has 136 valence electrons. The lowest BCUT2D eigenvalue weighted by Crippen LogP contribution is -2.12. The Hall–Kier alpha value is -2.96. The van der Waals surface area contributed by atoms with E-state index in [4.69, 9.17) is 4.52 Å². The molecule has 1 aromatic carbocycles. The summed E-state index contributed by atoms with van der Waals surface area (Å²) in [4.78, 5) is 16.5. The van der Waals surface area contributed by atoms with Gasteiger partial charge >= 0.3 is 0 Å². The van der Waals surface area contributed by atoms with Crippen LogP contribution in [0.15, 0.2) is 47.2 Å². The van der Waals surface area contributed by atoms with Crippen LogP contribution in [0.1, 0.15) is 49.9 Å². The van der Waals surface area contributed by atoms with Crippen molar-refractivity contribution in [1.29, 1.82) is 0 Å². The van der Waals surface area contributed by atoms with E-state index in [0.29, 0.717) is 37.5 Å². The number of nitrogens with zero attached hydrogens (tertiary/aromatic N) is 4. The van der Waals surface area contributed by atoms with E-state index >= 15 is 0 Å². The molecule has 3 aromatic rings. The van der Waals surface area contributed by atoms with Crippen molar-refractivity contribution in [2.45, 2.75) is 45.6 Å². The highest BCUT2D eigenvalue weighted by Crippen LogP contribution is 2.14. The topological polar surface area (TPSA) is 85.8 Å². The molecule has 0 atom stereocenters. The summed E-state index contributed by atoms with van der Waals surface area (Å²) in [5.74, 6) is 1.51. The molecule has 0 unspecified atom stereocenters. The van der Waals surface area contributed by atoms with Crippen molar-refractivity contribution in [1.82, 2.24) is 19.9 Å². The quantitative estimate of drug-likeness (QED) is 0.671. The lowest BCUT2D eigenvalue weighted by atomic mass is 10.2. The zero-order valence-electron chi connectivity index (χ0n) is 15.1. The molecule has 1 N–H and O–H groups in total. The molecule has 0 bridgehead atoms. The first kappa shape index (κ1) is 17.8. The summed E-state index contributed by atoms with van der Waals surface area (Å²) in [6.45, 7) is 4.71. The smallest absolute Gasteiger partial charge is 0.226 e. The molecule has 0 fully saturated rings. The molecule has 0 saturated heterocycles. The van der Waals surface area contributed by atoms with Crippen molar-refractivity contribution in [3.8, 4) is 0 Å². The Labute approximate surface area is 152 Å². The number of carbonyl (C=O) groups excluding carboxylic acids is 1. The minimum absolute atomic E-state index is 0.0233. The van der Waals surface area contributed by atoms with Crippen LogP contribution in [0.2, 0.25) is 0 Å². The molecular weight excluding hydrogens is 330 g/mol. The van der Waals surface area contributed by atoms with E-state index in [1.807, 2.05) is 55.1 Å². The van der Waals surface area contributed by atoms with Crippen molar-refractivity contribution in [2.24, 2.45) is 0 Å². The SMILES string of the molecule is CC(C)c1noc(CCCC(=O)Nc2cccc(Cn3cccn3)c2)n1. The molecular formula is C19H23N5O2. The van der Waals surface area contributed by atoms with Crippen LogP contribution in [0, 0.1) is 0 Å². The number of benzene rings is 1. The number of aryl methyl sites for hydroxylation is 1. The van der Waals surface area contributed by atoms with Gasteiger partial charge in [-0.15, -0.1) is 0 Å².